The van der Waals surface area contributed by atoms with E-state index in [1.807, 2.05) is 12.1 Å². The quantitative estimate of drug-likeness (QED) is 0.816. The third kappa shape index (κ3) is 3.85. The molecule has 0 spiro atoms. The fourth-order valence-corrected chi connectivity index (χ4v) is 3.51. The summed E-state index contributed by atoms with van der Waals surface area (Å²) < 4.78 is 16.5. The number of fused-ring (bicyclic) bond motifs is 1. The van der Waals surface area contributed by atoms with Gasteiger partial charge in [0.2, 0.25) is 5.91 Å². The number of benzene rings is 2. The zero-order valence-electron chi connectivity index (χ0n) is 14.4. The number of esters is 1. The molecule has 0 unspecified atom stereocenters. The fraction of sp³-hybridized carbons (Fsp3) is 0.300. The van der Waals surface area contributed by atoms with Crippen LogP contribution < -0.4 is 14.8 Å². The Labute approximate surface area is 161 Å². The number of carbonyl (C=O) groups excluding carboxylic acids is 2. The number of hydrogen-bond donors (Lipinski definition) is 1. The van der Waals surface area contributed by atoms with Crippen molar-refractivity contribution >= 4 is 23.5 Å². The average molecular weight is 388 g/mol. The van der Waals surface area contributed by atoms with Gasteiger partial charge in [0.15, 0.2) is 11.5 Å². The van der Waals surface area contributed by atoms with E-state index in [1.165, 1.54) is 0 Å². The van der Waals surface area contributed by atoms with Gasteiger partial charge < -0.3 is 19.5 Å². The maximum atomic E-state index is 12.7. The number of ether oxygens (including phenoxy) is 3. The molecule has 2 aromatic rings. The van der Waals surface area contributed by atoms with Crippen LogP contribution in [0.4, 0.5) is 0 Å². The van der Waals surface area contributed by atoms with Crippen LogP contribution in [0.15, 0.2) is 42.5 Å². The molecule has 140 valence electrons. The predicted octanol–water partition coefficient (Wildman–Crippen LogP) is 3.03. The van der Waals surface area contributed by atoms with Crippen LogP contribution in [0.2, 0.25) is 5.02 Å². The minimum absolute atomic E-state index is 0.0422. The van der Waals surface area contributed by atoms with Crippen molar-refractivity contribution in [2.45, 2.75) is 19.1 Å². The summed E-state index contributed by atoms with van der Waals surface area (Å²) in [4.78, 5) is 24.6. The second kappa shape index (κ2) is 7.48. The topological polar surface area (TPSA) is 73.9 Å². The van der Waals surface area contributed by atoms with E-state index in [-0.39, 0.29) is 12.3 Å². The summed E-state index contributed by atoms with van der Waals surface area (Å²) in [5, 5.41) is 3.47. The van der Waals surface area contributed by atoms with Gasteiger partial charge in [-0.25, -0.2) is 0 Å². The largest absolute Gasteiger partial charge is 0.486 e. The summed E-state index contributed by atoms with van der Waals surface area (Å²) >= 11 is 5.97. The first-order valence-electron chi connectivity index (χ1n) is 8.71. The highest BCUT2D eigenvalue weighted by Gasteiger charge is 2.41. The molecular weight excluding hydrogens is 370 g/mol. The van der Waals surface area contributed by atoms with E-state index in [0.29, 0.717) is 41.8 Å². The van der Waals surface area contributed by atoms with E-state index >= 15 is 0 Å². The molecule has 0 bridgehead atoms. The Bertz CT molecular complexity index is 884. The summed E-state index contributed by atoms with van der Waals surface area (Å²) in [7, 11) is 0. The molecule has 1 N–H and O–H groups in total. The maximum Gasteiger partial charge on any atom is 0.307 e. The van der Waals surface area contributed by atoms with Gasteiger partial charge in [0, 0.05) is 11.6 Å². The Balaban J connectivity index is 1.49. The first kappa shape index (κ1) is 17.7. The lowest BCUT2D eigenvalue weighted by Crippen LogP contribution is -2.32. The van der Waals surface area contributed by atoms with Gasteiger partial charge >= 0.3 is 5.97 Å². The molecule has 0 aliphatic carbocycles. The van der Waals surface area contributed by atoms with E-state index in [4.69, 9.17) is 25.8 Å². The van der Waals surface area contributed by atoms with E-state index in [2.05, 4.69) is 5.32 Å². The van der Waals surface area contributed by atoms with Crippen LogP contribution in [0, 0.1) is 5.92 Å². The molecule has 0 radical (unpaired) electrons. The van der Waals surface area contributed by atoms with Gasteiger partial charge in [-0.05, 0) is 35.4 Å². The van der Waals surface area contributed by atoms with Crippen LogP contribution in [0.5, 0.6) is 11.5 Å². The van der Waals surface area contributed by atoms with E-state index in [1.54, 1.807) is 30.3 Å². The molecule has 2 aliphatic rings. The number of amides is 1. The van der Waals surface area contributed by atoms with Crippen molar-refractivity contribution in [1.82, 2.24) is 5.32 Å². The van der Waals surface area contributed by atoms with Crippen LogP contribution >= 0.6 is 11.6 Å². The summed E-state index contributed by atoms with van der Waals surface area (Å²) in [5.41, 5.74) is 1.60. The molecule has 0 saturated carbocycles. The Morgan fingerprint density at radius 1 is 1.11 bits per heavy atom. The lowest BCUT2D eigenvalue weighted by Gasteiger charge is -2.22. The number of nitrogens with one attached hydrogen (secondary N) is 1. The second-order valence-electron chi connectivity index (χ2n) is 6.47. The Kier molecular flexibility index (Phi) is 4.90. The smallest absolute Gasteiger partial charge is 0.307 e. The van der Waals surface area contributed by atoms with Gasteiger partial charge in [0.25, 0.3) is 0 Å². The normalized spacial score (nSPS) is 20.9. The summed E-state index contributed by atoms with van der Waals surface area (Å²) in [6.45, 7) is 1.29. The first-order chi connectivity index (χ1) is 13.1. The molecule has 7 heteroatoms. The minimum atomic E-state index is -0.646. The molecule has 2 aromatic carbocycles. The van der Waals surface area contributed by atoms with Crippen molar-refractivity contribution in [3.05, 3.63) is 58.6 Å². The summed E-state index contributed by atoms with van der Waals surface area (Å²) in [6.07, 6.45) is -0.604. The van der Waals surface area contributed by atoms with Crippen LogP contribution in [0.25, 0.3) is 0 Å². The lowest BCUT2D eigenvalue weighted by molar-refractivity contribution is -0.141. The molecule has 1 amide bonds. The van der Waals surface area contributed by atoms with Gasteiger partial charge in [-0.15, -0.1) is 0 Å². The third-order valence-corrected chi connectivity index (χ3v) is 4.83. The number of halogens is 1. The number of rotatable bonds is 4. The van der Waals surface area contributed by atoms with Crippen molar-refractivity contribution in [2.24, 2.45) is 5.92 Å². The van der Waals surface area contributed by atoms with Gasteiger partial charge in [-0.2, -0.15) is 0 Å². The molecule has 2 atom stereocenters. The SMILES string of the molecule is O=C1C[C@@H](C(=O)NCc2cccc(Cl)c2)[C@@H](c2ccc3c(c2)OCCO3)O1. The second-order valence-corrected chi connectivity index (χ2v) is 6.91. The molecule has 2 aliphatic heterocycles. The highest BCUT2D eigenvalue weighted by Crippen LogP contribution is 2.40. The van der Waals surface area contributed by atoms with Crippen LogP contribution in [0.1, 0.15) is 23.7 Å². The Morgan fingerprint density at radius 3 is 2.74 bits per heavy atom. The van der Waals surface area contributed by atoms with Gasteiger partial charge in [0.1, 0.15) is 19.3 Å². The monoisotopic (exact) mass is 387 g/mol. The van der Waals surface area contributed by atoms with Crippen LogP contribution in [0.3, 0.4) is 0 Å². The van der Waals surface area contributed by atoms with Gasteiger partial charge in [0.05, 0.1) is 12.3 Å². The van der Waals surface area contributed by atoms with Crippen molar-refractivity contribution in [2.75, 3.05) is 13.2 Å². The number of carbonyl (C=O) groups is 2. The molecule has 1 fully saturated rings. The zero-order chi connectivity index (χ0) is 18.8. The van der Waals surface area contributed by atoms with E-state index in [0.717, 1.165) is 5.56 Å². The Morgan fingerprint density at radius 2 is 1.93 bits per heavy atom. The Hall–Kier alpha value is -2.73. The zero-order valence-corrected chi connectivity index (χ0v) is 15.2. The summed E-state index contributed by atoms with van der Waals surface area (Å²) in [5.74, 6) is 0.0221. The van der Waals surface area contributed by atoms with Crippen molar-refractivity contribution in [3.8, 4) is 11.5 Å². The average Bonchev–Trinajstić information content (AvgIpc) is 3.07. The lowest BCUT2D eigenvalue weighted by atomic mass is 9.94. The predicted molar refractivity (Wildman–Crippen MR) is 97.7 cm³/mol. The van der Waals surface area contributed by atoms with Crippen molar-refractivity contribution < 1.29 is 23.8 Å². The van der Waals surface area contributed by atoms with Crippen molar-refractivity contribution in [1.29, 1.82) is 0 Å². The summed E-state index contributed by atoms with van der Waals surface area (Å²) in [6, 6.07) is 12.6. The molecular formula is C20H18ClNO5. The maximum absolute atomic E-state index is 12.7. The molecule has 2 heterocycles. The standard InChI is InChI=1S/C20H18ClNO5/c21-14-3-1-2-12(8-14)11-22-20(24)15-10-18(23)27-19(15)13-4-5-16-17(9-13)26-7-6-25-16/h1-5,8-9,15,19H,6-7,10-11H2,(H,22,24)/t15-,19-/m1/s1. The molecule has 27 heavy (non-hydrogen) atoms. The fourth-order valence-electron chi connectivity index (χ4n) is 3.29. The molecule has 4 rings (SSSR count). The molecule has 0 aromatic heterocycles. The molecule has 1 saturated heterocycles. The number of hydrogen-bond acceptors (Lipinski definition) is 5. The van der Waals surface area contributed by atoms with E-state index < -0.39 is 18.0 Å². The van der Waals surface area contributed by atoms with Gasteiger partial charge in [-0.3, -0.25) is 9.59 Å². The highest BCUT2D eigenvalue weighted by atomic mass is 35.5. The van der Waals surface area contributed by atoms with Crippen molar-refractivity contribution in [3.63, 3.8) is 0 Å². The molecule has 6 nitrogen and oxygen atoms in total. The minimum Gasteiger partial charge on any atom is -0.486 e. The number of cyclic esters (lactones) is 1. The van der Waals surface area contributed by atoms with Gasteiger partial charge in [-0.1, -0.05) is 29.8 Å². The third-order valence-electron chi connectivity index (χ3n) is 4.60. The highest BCUT2D eigenvalue weighted by molar-refractivity contribution is 6.30. The van der Waals surface area contributed by atoms with E-state index in [9.17, 15) is 9.59 Å². The first-order valence-corrected chi connectivity index (χ1v) is 9.09. The van der Waals surface area contributed by atoms with Crippen LogP contribution in [-0.2, 0) is 20.9 Å². The van der Waals surface area contributed by atoms with Crippen LogP contribution in [-0.4, -0.2) is 25.1 Å².